The van der Waals surface area contributed by atoms with Gasteiger partial charge in [0, 0.05) is 12.1 Å². The highest BCUT2D eigenvalue weighted by molar-refractivity contribution is 6.33. The maximum Gasteiger partial charge on any atom is 0.325 e. The average Bonchev–Trinajstić information content (AvgIpc) is 3.00. The number of H-pyrrole nitrogens is 2. The Balaban J connectivity index is 1.58. The van der Waals surface area contributed by atoms with Crippen LogP contribution in [0.5, 0.6) is 0 Å². The van der Waals surface area contributed by atoms with Gasteiger partial charge in [-0.25, -0.2) is 18.6 Å². The van der Waals surface area contributed by atoms with Gasteiger partial charge in [-0.1, -0.05) is 17.7 Å². The van der Waals surface area contributed by atoms with Crippen molar-refractivity contribution >= 4 is 34.2 Å². The second kappa shape index (κ2) is 7.15. The summed E-state index contributed by atoms with van der Waals surface area (Å²) in [6.45, 7) is -0.121. The largest absolute Gasteiger partial charge is 0.364 e. The van der Waals surface area contributed by atoms with Crippen molar-refractivity contribution in [3.8, 4) is 0 Å². The van der Waals surface area contributed by atoms with Gasteiger partial charge in [0.15, 0.2) is 5.65 Å². The molecule has 5 nitrogen and oxygen atoms in total. The van der Waals surface area contributed by atoms with Gasteiger partial charge in [0.1, 0.15) is 17.5 Å². The SMILES string of the molecule is O=c1[nH]c2cc(Cl)c(NCc3c(F)cc(C4=CCCCC4)cc3F)nc2[nH]1. The fraction of sp³-hybridized carbons (Fsp3) is 0.263. The molecule has 2 heterocycles. The number of allylic oxidation sites excluding steroid dienone is 2. The predicted octanol–water partition coefficient (Wildman–Crippen LogP) is 4.75. The Morgan fingerprint density at radius 1 is 1.15 bits per heavy atom. The summed E-state index contributed by atoms with van der Waals surface area (Å²) in [6, 6.07) is 4.27. The Morgan fingerprint density at radius 2 is 1.93 bits per heavy atom. The van der Waals surface area contributed by atoms with Crippen LogP contribution >= 0.6 is 11.6 Å². The normalized spacial score (nSPS) is 14.4. The van der Waals surface area contributed by atoms with Crippen LogP contribution in [0.15, 0.2) is 29.1 Å². The number of aromatic amines is 2. The van der Waals surface area contributed by atoms with E-state index in [1.54, 1.807) is 0 Å². The quantitative estimate of drug-likeness (QED) is 0.601. The zero-order valence-corrected chi connectivity index (χ0v) is 15.1. The minimum atomic E-state index is -0.615. The molecule has 0 fully saturated rings. The van der Waals surface area contributed by atoms with Gasteiger partial charge in [0.25, 0.3) is 0 Å². The van der Waals surface area contributed by atoms with Crippen molar-refractivity contribution in [2.24, 2.45) is 0 Å². The van der Waals surface area contributed by atoms with Gasteiger partial charge >= 0.3 is 5.69 Å². The number of fused-ring (bicyclic) bond motifs is 1. The van der Waals surface area contributed by atoms with E-state index < -0.39 is 17.3 Å². The highest BCUT2D eigenvalue weighted by Gasteiger charge is 2.16. The third-order valence-electron chi connectivity index (χ3n) is 4.69. The molecular weight excluding hydrogens is 374 g/mol. The number of benzene rings is 1. The van der Waals surface area contributed by atoms with Crippen molar-refractivity contribution in [2.45, 2.75) is 32.2 Å². The highest BCUT2D eigenvalue weighted by atomic mass is 35.5. The van der Waals surface area contributed by atoms with Crippen LogP contribution in [0.25, 0.3) is 16.7 Å². The molecule has 1 aromatic carbocycles. The van der Waals surface area contributed by atoms with Crippen LogP contribution in [0.4, 0.5) is 14.6 Å². The van der Waals surface area contributed by atoms with Crippen molar-refractivity contribution in [3.05, 3.63) is 62.5 Å². The zero-order chi connectivity index (χ0) is 19.0. The van der Waals surface area contributed by atoms with Crippen LogP contribution in [0.3, 0.4) is 0 Å². The minimum Gasteiger partial charge on any atom is -0.364 e. The molecule has 8 heteroatoms. The van der Waals surface area contributed by atoms with E-state index >= 15 is 0 Å². The zero-order valence-electron chi connectivity index (χ0n) is 14.3. The van der Waals surface area contributed by atoms with Crippen molar-refractivity contribution in [2.75, 3.05) is 5.32 Å². The van der Waals surface area contributed by atoms with Crippen LogP contribution in [-0.4, -0.2) is 15.0 Å². The number of nitrogens with zero attached hydrogens (tertiary/aromatic N) is 1. The number of hydrogen-bond acceptors (Lipinski definition) is 3. The molecule has 0 radical (unpaired) electrons. The number of aromatic nitrogens is 3. The Kier molecular flexibility index (Phi) is 4.70. The summed E-state index contributed by atoms with van der Waals surface area (Å²) in [5, 5.41) is 3.08. The smallest absolute Gasteiger partial charge is 0.325 e. The summed E-state index contributed by atoms with van der Waals surface area (Å²) < 4.78 is 29.0. The summed E-state index contributed by atoms with van der Waals surface area (Å²) in [5.41, 5.74) is 1.86. The van der Waals surface area contributed by atoms with E-state index in [0.29, 0.717) is 16.7 Å². The molecule has 0 aliphatic heterocycles. The van der Waals surface area contributed by atoms with Crippen LogP contribution < -0.4 is 11.0 Å². The van der Waals surface area contributed by atoms with Crippen LogP contribution in [0, 0.1) is 11.6 Å². The Morgan fingerprint density at radius 3 is 2.63 bits per heavy atom. The van der Waals surface area contributed by atoms with Gasteiger partial charge in [-0.05, 0) is 55.0 Å². The molecule has 0 bridgehead atoms. The molecule has 3 aromatic rings. The molecule has 0 spiro atoms. The molecule has 0 saturated heterocycles. The van der Waals surface area contributed by atoms with Crippen LogP contribution in [0.1, 0.15) is 36.8 Å². The topological polar surface area (TPSA) is 73.6 Å². The maximum absolute atomic E-state index is 14.5. The first kappa shape index (κ1) is 17.7. The lowest BCUT2D eigenvalue weighted by atomic mass is 9.93. The second-order valence-corrected chi connectivity index (χ2v) is 6.95. The molecule has 0 amide bonds. The molecule has 1 aliphatic carbocycles. The van der Waals surface area contributed by atoms with E-state index in [0.717, 1.165) is 31.3 Å². The van der Waals surface area contributed by atoms with Crippen LogP contribution in [-0.2, 0) is 6.54 Å². The van der Waals surface area contributed by atoms with Crippen molar-refractivity contribution in [3.63, 3.8) is 0 Å². The number of anilines is 1. The number of pyridine rings is 1. The predicted molar refractivity (Wildman–Crippen MR) is 102 cm³/mol. The summed E-state index contributed by atoms with van der Waals surface area (Å²) in [5.74, 6) is -0.996. The van der Waals surface area contributed by atoms with Gasteiger partial charge in [-0.15, -0.1) is 0 Å². The monoisotopic (exact) mass is 390 g/mol. The number of rotatable bonds is 4. The number of imidazole rings is 1. The summed E-state index contributed by atoms with van der Waals surface area (Å²) in [4.78, 5) is 20.6. The molecule has 27 heavy (non-hydrogen) atoms. The minimum absolute atomic E-state index is 0.0873. The highest BCUT2D eigenvalue weighted by Crippen LogP contribution is 2.30. The molecule has 0 atom stereocenters. The van der Waals surface area contributed by atoms with Gasteiger partial charge < -0.3 is 10.3 Å². The van der Waals surface area contributed by atoms with Gasteiger partial charge in [-0.3, -0.25) is 4.98 Å². The molecular formula is C19H17ClF2N4O. The van der Waals surface area contributed by atoms with Gasteiger partial charge in [0.05, 0.1) is 10.5 Å². The second-order valence-electron chi connectivity index (χ2n) is 6.54. The Labute approximate surface area is 158 Å². The molecule has 0 unspecified atom stereocenters. The van der Waals surface area contributed by atoms with E-state index in [2.05, 4.69) is 20.3 Å². The first-order chi connectivity index (χ1) is 13.0. The van der Waals surface area contributed by atoms with E-state index in [1.807, 2.05) is 6.08 Å². The molecule has 140 valence electrons. The van der Waals surface area contributed by atoms with Crippen LogP contribution in [0.2, 0.25) is 5.02 Å². The molecule has 1 aliphatic rings. The average molecular weight is 391 g/mol. The molecule has 2 aromatic heterocycles. The van der Waals surface area contributed by atoms with E-state index in [-0.39, 0.29) is 22.9 Å². The van der Waals surface area contributed by atoms with Gasteiger partial charge in [0.2, 0.25) is 0 Å². The number of hydrogen-bond donors (Lipinski definition) is 3. The third-order valence-corrected chi connectivity index (χ3v) is 4.98. The van der Waals surface area contributed by atoms with E-state index in [1.165, 1.54) is 18.2 Å². The van der Waals surface area contributed by atoms with Crippen molar-refractivity contribution in [1.29, 1.82) is 0 Å². The summed E-state index contributed by atoms with van der Waals surface area (Å²) in [7, 11) is 0. The number of halogens is 3. The number of nitrogens with one attached hydrogen (secondary N) is 3. The summed E-state index contributed by atoms with van der Waals surface area (Å²) in [6.07, 6.45) is 5.97. The Hall–Kier alpha value is -2.67. The lowest BCUT2D eigenvalue weighted by Crippen LogP contribution is -2.07. The first-order valence-electron chi connectivity index (χ1n) is 8.71. The first-order valence-corrected chi connectivity index (χ1v) is 9.09. The lowest BCUT2D eigenvalue weighted by Gasteiger charge is -2.15. The van der Waals surface area contributed by atoms with Crippen molar-refractivity contribution < 1.29 is 8.78 Å². The standard InChI is InChI=1S/C19H17ClF2N4O/c20-13-8-16-18(26-19(27)24-16)25-17(13)23-9-12-14(21)6-11(7-15(12)22)10-4-2-1-3-5-10/h4,6-8H,1-3,5,9H2,(H3,23,24,25,26,27). The third kappa shape index (κ3) is 3.60. The van der Waals surface area contributed by atoms with Crippen molar-refractivity contribution in [1.82, 2.24) is 15.0 Å². The molecule has 0 saturated carbocycles. The molecule has 4 rings (SSSR count). The van der Waals surface area contributed by atoms with E-state index in [9.17, 15) is 13.6 Å². The maximum atomic E-state index is 14.5. The fourth-order valence-corrected chi connectivity index (χ4v) is 3.51. The fourth-order valence-electron chi connectivity index (χ4n) is 3.29. The summed E-state index contributed by atoms with van der Waals surface area (Å²) >= 11 is 6.13. The van der Waals surface area contributed by atoms with E-state index in [4.69, 9.17) is 11.6 Å². The lowest BCUT2D eigenvalue weighted by molar-refractivity contribution is 0.558. The Bertz CT molecular complexity index is 1080. The van der Waals surface area contributed by atoms with Gasteiger partial charge in [-0.2, -0.15) is 0 Å². The molecule has 3 N–H and O–H groups in total.